The van der Waals surface area contributed by atoms with Crippen LogP contribution in [0.2, 0.25) is 0 Å². The number of carbonyl (C=O) groups is 4. The molecule has 0 saturated heterocycles. The normalized spacial score (nSPS) is 14.1. The van der Waals surface area contributed by atoms with Gasteiger partial charge in [0.1, 0.15) is 0 Å². The van der Waals surface area contributed by atoms with Crippen molar-refractivity contribution in [2.24, 2.45) is 51.3 Å². The standard InChI is InChI=1S/C45H96N12O12/c46-13-5-1-9-37(50)41(58)54-17-21-62-25-29-66-33-45(34-67-30-26-63-22-18-55-42(59)38(51)10-2-6-14-47,35-68-31-27-64-23-19-56-43(60)39(52)11-3-7-15-48)36-69-32-28-65-24-20-57-44(61)40(53)12-4-8-16-49/h37-40H,1-36,46-53H2,(H,54,58)(H,55,59)(H,56,60)(H,57,61). The van der Waals surface area contributed by atoms with Crippen LogP contribution < -0.4 is 67.1 Å². The zero-order valence-electron chi connectivity index (χ0n) is 41.8. The minimum absolute atomic E-state index is 0.167. The quantitative estimate of drug-likeness (QED) is 0.0262. The van der Waals surface area contributed by atoms with Crippen molar-refractivity contribution in [1.82, 2.24) is 21.3 Å². The lowest BCUT2D eigenvalue weighted by Crippen LogP contribution is -2.43. The highest BCUT2D eigenvalue weighted by Crippen LogP contribution is 2.21. The Morgan fingerprint density at radius 3 is 0.725 bits per heavy atom. The first-order valence-corrected chi connectivity index (χ1v) is 25.0. The minimum Gasteiger partial charge on any atom is -0.378 e. The van der Waals surface area contributed by atoms with Crippen molar-refractivity contribution >= 4 is 23.6 Å². The molecule has 0 radical (unpaired) electrons. The van der Waals surface area contributed by atoms with Crippen LogP contribution in [0.3, 0.4) is 0 Å². The number of nitrogens with one attached hydrogen (secondary N) is 4. The van der Waals surface area contributed by atoms with E-state index in [1.165, 1.54) is 0 Å². The number of amides is 4. The molecule has 0 aromatic heterocycles. The van der Waals surface area contributed by atoms with E-state index in [1.54, 1.807) is 0 Å². The molecule has 69 heavy (non-hydrogen) atoms. The van der Waals surface area contributed by atoms with Gasteiger partial charge in [-0.3, -0.25) is 19.2 Å². The molecule has 0 fully saturated rings. The van der Waals surface area contributed by atoms with E-state index in [0.717, 1.165) is 51.4 Å². The highest BCUT2D eigenvalue weighted by Gasteiger charge is 2.33. The molecule has 408 valence electrons. The number of rotatable bonds is 52. The second kappa shape index (κ2) is 47.6. The number of hydrogen-bond acceptors (Lipinski definition) is 20. The molecule has 24 heteroatoms. The zero-order chi connectivity index (χ0) is 51.1. The summed E-state index contributed by atoms with van der Waals surface area (Å²) in [6.45, 7) is 7.13. The van der Waals surface area contributed by atoms with Crippen LogP contribution in [0.25, 0.3) is 0 Å². The van der Waals surface area contributed by atoms with Crippen LogP contribution in [0.15, 0.2) is 0 Å². The molecule has 0 bridgehead atoms. The third-order valence-corrected chi connectivity index (χ3v) is 10.5. The van der Waals surface area contributed by atoms with Crippen molar-refractivity contribution in [3.8, 4) is 0 Å². The van der Waals surface area contributed by atoms with Gasteiger partial charge in [0.2, 0.25) is 23.6 Å². The van der Waals surface area contributed by atoms with Gasteiger partial charge in [-0.2, -0.15) is 0 Å². The Hall–Kier alpha value is -2.76. The van der Waals surface area contributed by atoms with Gasteiger partial charge in [0.25, 0.3) is 0 Å². The molecule has 20 N–H and O–H groups in total. The fraction of sp³-hybridized carbons (Fsp3) is 0.911. The van der Waals surface area contributed by atoms with Crippen molar-refractivity contribution in [2.75, 3.05) is 158 Å². The van der Waals surface area contributed by atoms with Crippen LogP contribution in [-0.2, 0) is 57.1 Å². The fourth-order valence-electron chi connectivity index (χ4n) is 6.35. The van der Waals surface area contributed by atoms with Crippen LogP contribution in [0.4, 0.5) is 0 Å². The van der Waals surface area contributed by atoms with E-state index in [2.05, 4.69) is 21.3 Å². The Bertz CT molecular complexity index is 1060. The number of nitrogens with two attached hydrogens (primary N) is 8. The Morgan fingerprint density at radius 2 is 0.522 bits per heavy atom. The van der Waals surface area contributed by atoms with Crippen LogP contribution in [-0.4, -0.2) is 206 Å². The predicted molar refractivity (Wildman–Crippen MR) is 265 cm³/mol. The van der Waals surface area contributed by atoms with Crippen LogP contribution in [0, 0.1) is 5.41 Å². The van der Waals surface area contributed by atoms with Crippen LogP contribution >= 0.6 is 0 Å². The average Bonchev–Trinajstić information content (AvgIpc) is 3.34. The maximum Gasteiger partial charge on any atom is 0.236 e. The van der Waals surface area contributed by atoms with E-state index in [9.17, 15) is 19.2 Å². The van der Waals surface area contributed by atoms with Crippen molar-refractivity contribution in [3.63, 3.8) is 0 Å². The second-order valence-corrected chi connectivity index (χ2v) is 16.9. The topological polar surface area (TPSA) is 398 Å². The maximum absolute atomic E-state index is 12.3. The van der Waals surface area contributed by atoms with Gasteiger partial charge in [-0.1, -0.05) is 25.7 Å². The molecule has 0 saturated carbocycles. The number of unbranched alkanes of at least 4 members (excludes halogenated alkanes) is 4. The first kappa shape index (κ1) is 66.2. The van der Waals surface area contributed by atoms with Crippen LogP contribution in [0.1, 0.15) is 77.0 Å². The van der Waals surface area contributed by atoms with Crippen molar-refractivity contribution in [1.29, 1.82) is 0 Å². The van der Waals surface area contributed by atoms with E-state index >= 15 is 0 Å². The number of ether oxygens (including phenoxy) is 8. The lowest BCUT2D eigenvalue weighted by molar-refractivity contribution is -0.123. The van der Waals surface area contributed by atoms with Gasteiger partial charge in [-0.05, 0) is 77.5 Å². The van der Waals surface area contributed by atoms with Gasteiger partial charge in [0.05, 0.1) is 135 Å². The van der Waals surface area contributed by atoms with Crippen molar-refractivity contribution < 1.29 is 57.1 Å². The van der Waals surface area contributed by atoms with Gasteiger partial charge in [-0.25, -0.2) is 0 Å². The summed E-state index contributed by atoms with van der Waals surface area (Å²) in [5.74, 6) is -0.939. The molecule has 0 heterocycles. The number of carbonyl (C=O) groups excluding carboxylic acids is 4. The Morgan fingerprint density at radius 1 is 0.319 bits per heavy atom. The first-order valence-electron chi connectivity index (χ1n) is 25.0. The summed E-state index contributed by atoms with van der Waals surface area (Å²) in [7, 11) is 0. The molecule has 0 aliphatic heterocycles. The van der Waals surface area contributed by atoms with E-state index in [4.69, 9.17) is 83.8 Å². The lowest BCUT2D eigenvalue weighted by Gasteiger charge is -2.33. The summed E-state index contributed by atoms with van der Waals surface area (Å²) in [5, 5.41) is 11.2. The second-order valence-electron chi connectivity index (χ2n) is 16.9. The maximum atomic E-state index is 12.3. The summed E-state index contributed by atoms with van der Waals surface area (Å²) in [6.07, 6.45) is 8.63. The Labute approximate surface area is 411 Å². The molecule has 4 amide bonds. The molecule has 0 aliphatic carbocycles. The summed E-state index contributed by atoms with van der Waals surface area (Å²) < 4.78 is 47.3. The van der Waals surface area contributed by atoms with E-state index < -0.39 is 29.6 Å². The van der Waals surface area contributed by atoms with Gasteiger partial charge >= 0.3 is 0 Å². The fourth-order valence-corrected chi connectivity index (χ4v) is 6.35. The van der Waals surface area contributed by atoms with E-state index in [0.29, 0.717) is 78.0 Å². The molecule has 0 aromatic carbocycles. The lowest BCUT2D eigenvalue weighted by atomic mass is 9.92. The average molecular weight is 997 g/mol. The largest absolute Gasteiger partial charge is 0.378 e. The monoisotopic (exact) mass is 997 g/mol. The molecular weight excluding hydrogens is 901 g/mol. The van der Waals surface area contributed by atoms with Crippen LogP contribution in [0.5, 0.6) is 0 Å². The number of hydrogen-bond donors (Lipinski definition) is 12. The summed E-state index contributed by atoms with van der Waals surface area (Å²) in [5.41, 5.74) is 45.2. The minimum atomic E-state index is -0.802. The molecule has 24 nitrogen and oxygen atoms in total. The SMILES string of the molecule is NCCCCC(N)C(=O)NCCOCCOCC(COCCOCCNC(=O)C(N)CCCCN)(COCCOCCNC(=O)C(N)CCCCN)COCCOCCNC(=O)C(N)CCCCN. The highest BCUT2D eigenvalue weighted by molar-refractivity contribution is 5.82. The van der Waals surface area contributed by atoms with E-state index in [-0.39, 0.29) is 129 Å². The summed E-state index contributed by atoms with van der Waals surface area (Å²) >= 11 is 0. The van der Waals surface area contributed by atoms with Crippen molar-refractivity contribution in [2.45, 2.75) is 101 Å². The Kier molecular flexibility index (Phi) is 45.7. The third kappa shape index (κ3) is 39.5. The molecular formula is C45H96N12O12. The molecule has 0 spiro atoms. The first-order chi connectivity index (χ1) is 33.5. The smallest absolute Gasteiger partial charge is 0.236 e. The molecule has 0 aliphatic rings. The Balaban J connectivity index is 5.38. The van der Waals surface area contributed by atoms with Gasteiger partial charge in [-0.15, -0.1) is 0 Å². The van der Waals surface area contributed by atoms with Gasteiger partial charge in [0.15, 0.2) is 0 Å². The molecule has 4 atom stereocenters. The van der Waals surface area contributed by atoms with Crippen molar-refractivity contribution in [3.05, 3.63) is 0 Å². The molecule has 0 rings (SSSR count). The summed E-state index contributed by atoms with van der Waals surface area (Å²) in [6, 6.07) is -2.39. The molecule has 4 unspecified atom stereocenters. The third-order valence-electron chi connectivity index (χ3n) is 10.5. The predicted octanol–water partition coefficient (Wildman–Crippen LogP) is -3.60. The van der Waals surface area contributed by atoms with E-state index in [1.807, 2.05) is 0 Å². The zero-order valence-corrected chi connectivity index (χ0v) is 41.8. The molecule has 0 aromatic rings. The van der Waals surface area contributed by atoms with Gasteiger partial charge < -0.3 is 105 Å². The highest BCUT2D eigenvalue weighted by atomic mass is 16.6. The summed E-state index contributed by atoms with van der Waals surface area (Å²) in [4.78, 5) is 49.1. The van der Waals surface area contributed by atoms with Gasteiger partial charge in [0, 0.05) is 26.2 Å².